The van der Waals surface area contributed by atoms with Gasteiger partial charge in [-0.2, -0.15) is 4.98 Å². The topological polar surface area (TPSA) is 117 Å². The highest BCUT2D eigenvalue weighted by Crippen LogP contribution is 2.39. The largest absolute Gasteiger partial charge is 0.388 e. The van der Waals surface area contributed by atoms with Crippen molar-refractivity contribution >= 4 is 27.0 Å². The van der Waals surface area contributed by atoms with Crippen molar-refractivity contribution in [2.24, 2.45) is 0 Å². The molecule has 0 bridgehead atoms. The molecule has 2 aliphatic rings. The van der Waals surface area contributed by atoms with Crippen LogP contribution in [0.3, 0.4) is 0 Å². The van der Waals surface area contributed by atoms with Crippen LogP contribution in [0.15, 0.2) is 17.1 Å². The second kappa shape index (κ2) is 7.58. The van der Waals surface area contributed by atoms with E-state index >= 15 is 0 Å². The average Bonchev–Trinajstić information content (AvgIpc) is 3.14. The lowest BCUT2D eigenvalue weighted by atomic mass is 9.99. The summed E-state index contributed by atoms with van der Waals surface area (Å²) in [4.78, 5) is 22.0. The molecule has 2 fully saturated rings. The minimum absolute atomic E-state index is 0.0674. The van der Waals surface area contributed by atoms with Crippen LogP contribution in [-0.2, 0) is 10.0 Å². The Hall–Kier alpha value is -2.04. The predicted molar refractivity (Wildman–Crippen MR) is 115 cm³/mol. The Labute approximate surface area is 186 Å². The average molecular weight is 443 g/mol. The number of fused-ring (bicyclic) bond motifs is 1. The molecular weight excluding hydrogens is 406 g/mol. The lowest BCUT2D eigenvalue weighted by Gasteiger charge is -2.31. The summed E-state index contributed by atoms with van der Waals surface area (Å²) in [5.41, 5.74) is -3.87. The number of rotatable bonds is 4. The van der Waals surface area contributed by atoms with Crippen molar-refractivity contribution < 1.29 is 23.1 Å². The van der Waals surface area contributed by atoms with Crippen LogP contribution in [0.1, 0.15) is 60.2 Å². The van der Waals surface area contributed by atoms with Crippen molar-refractivity contribution in [1.29, 1.82) is 0 Å². The number of hydrogen-bond donors (Lipinski definition) is 2. The number of hydrogen-bond acceptors (Lipinski definition) is 7. The molecule has 0 aromatic carbocycles. The first-order valence-corrected chi connectivity index (χ1v) is 11.6. The van der Waals surface area contributed by atoms with Gasteiger partial charge in [0.05, 0.1) is 19.3 Å². The number of piperidine rings is 1. The van der Waals surface area contributed by atoms with Crippen molar-refractivity contribution in [3.05, 3.63) is 28.2 Å². The van der Waals surface area contributed by atoms with E-state index in [-0.39, 0.29) is 55.8 Å². The third kappa shape index (κ3) is 3.95. The Balaban J connectivity index is 1.81. The summed E-state index contributed by atoms with van der Waals surface area (Å²) in [5.74, 6) is -0.0690. The summed E-state index contributed by atoms with van der Waals surface area (Å²) in [6, 6.07) is -1.44. The SMILES string of the molecule is [2H]C1(Nc2ncc3cc(C([2H])([2H])[2H])c(=O)n([C@H]4CCC[C@@]4(O)C([2H])([2H])[2H])c3n2)CCN(S(C)(=O)=O)CC1. The molecular formula is C20H29N5O4S. The molecule has 3 heterocycles. The fraction of sp³-hybridized carbons (Fsp3) is 0.650. The zero-order valence-corrected chi connectivity index (χ0v) is 17.4. The van der Waals surface area contributed by atoms with E-state index in [9.17, 15) is 18.3 Å². The summed E-state index contributed by atoms with van der Waals surface area (Å²) < 4.78 is 81.6. The molecule has 4 rings (SSSR count). The number of aromatic nitrogens is 3. The van der Waals surface area contributed by atoms with E-state index in [0.717, 1.165) is 16.9 Å². The number of aryl methyl sites for hydroxylation is 1. The quantitative estimate of drug-likeness (QED) is 0.735. The predicted octanol–water partition coefficient (Wildman–Crippen LogP) is 1.41. The van der Waals surface area contributed by atoms with Crippen molar-refractivity contribution in [2.75, 3.05) is 24.7 Å². The maximum atomic E-state index is 13.5. The van der Waals surface area contributed by atoms with Gasteiger partial charge in [0.25, 0.3) is 5.56 Å². The van der Waals surface area contributed by atoms with Crippen LogP contribution in [0.2, 0.25) is 0 Å². The number of pyridine rings is 1. The first-order chi connectivity index (χ1) is 16.9. The van der Waals surface area contributed by atoms with Crippen molar-refractivity contribution in [2.45, 2.75) is 63.5 Å². The Morgan fingerprint density at radius 3 is 2.80 bits per heavy atom. The first kappa shape index (κ1) is 14.1. The lowest BCUT2D eigenvalue weighted by molar-refractivity contribution is 0.0266. The van der Waals surface area contributed by atoms with E-state index in [1.165, 1.54) is 10.5 Å². The molecule has 1 saturated heterocycles. The van der Waals surface area contributed by atoms with E-state index < -0.39 is 52.5 Å². The zero-order valence-electron chi connectivity index (χ0n) is 23.6. The van der Waals surface area contributed by atoms with E-state index in [2.05, 4.69) is 15.3 Å². The molecule has 9 nitrogen and oxygen atoms in total. The van der Waals surface area contributed by atoms with Crippen molar-refractivity contribution in [3.63, 3.8) is 0 Å². The molecule has 1 aliphatic carbocycles. The van der Waals surface area contributed by atoms with Crippen molar-refractivity contribution in [3.8, 4) is 0 Å². The lowest BCUT2D eigenvalue weighted by Crippen LogP contribution is -2.42. The molecule has 2 N–H and O–H groups in total. The highest BCUT2D eigenvalue weighted by atomic mass is 32.2. The summed E-state index contributed by atoms with van der Waals surface area (Å²) in [5, 5.41) is 14.2. The zero-order chi connectivity index (χ0) is 27.6. The molecule has 2 atom stereocenters. The van der Waals surface area contributed by atoms with Crippen LogP contribution in [0, 0.1) is 6.85 Å². The molecule has 0 radical (unpaired) electrons. The number of nitrogens with zero attached hydrogens (tertiary/aromatic N) is 4. The van der Waals surface area contributed by atoms with Crippen LogP contribution in [-0.4, -0.2) is 63.3 Å². The van der Waals surface area contributed by atoms with E-state index in [0.29, 0.717) is 6.42 Å². The molecule has 0 spiro atoms. The van der Waals surface area contributed by atoms with Gasteiger partial charge in [0.2, 0.25) is 16.0 Å². The number of nitrogens with one attached hydrogen (secondary N) is 1. The normalized spacial score (nSPS) is 31.7. The van der Waals surface area contributed by atoms with Gasteiger partial charge in [0.15, 0.2) is 0 Å². The van der Waals surface area contributed by atoms with Gasteiger partial charge < -0.3 is 10.4 Å². The highest BCUT2D eigenvalue weighted by Gasteiger charge is 2.39. The van der Waals surface area contributed by atoms with Gasteiger partial charge in [-0.05, 0) is 51.9 Å². The molecule has 10 heteroatoms. The van der Waals surface area contributed by atoms with Gasteiger partial charge in [-0.1, -0.05) is 0 Å². The van der Waals surface area contributed by atoms with E-state index in [4.69, 9.17) is 9.60 Å². The molecule has 2 aromatic heterocycles. The molecule has 1 saturated carbocycles. The van der Waals surface area contributed by atoms with Gasteiger partial charge in [0.1, 0.15) is 5.65 Å². The number of anilines is 1. The van der Waals surface area contributed by atoms with Crippen LogP contribution < -0.4 is 10.9 Å². The van der Waals surface area contributed by atoms with Gasteiger partial charge in [-0.15, -0.1) is 0 Å². The second-order valence-electron chi connectivity index (χ2n) is 7.93. The monoisotopic (exact) mass is 442 g/mol. The summed E-state index contributed by atoms with van der Waals surface area (Å²) >= 11 is 0. The Morgan fingerprint density at radius 2 is 2.13 bits per heavy atom. The summed E-state index contributed by atoms with van der Waals surface area (Å²) in [6.07, 6.45) is 2.94. The van der Waals surface area contributed by atoms with E-state index in [1.807, 2.05) is 0 Å². The first-order valence-electron chi connectivity index (χ1n) is 13.2. The summed E-state index contributed by atoms with van der Waals surface area (Å²) in [6.45, 7) is -5.42. The fourth-order valence-corrected chi connectivity index (χ4v) is 5.00. The van der Waals surface area contributed by atoms with Crippen molar-refractivity contribution in [1.82, 2.24) is 18.8 Å². The van der Waals surface area contributed by atoms with Gasteiger partial charge in [-0.25, -0.2) is 17.7 Å². The van der Waals surface area contributed by atoms with E-state index in [1.54, 1.807) is 0 Å². The Morgan fingerprint density at radius 1 is 1.37 bits per heavy atom. The minimum atomic E-state index is -3.40. The summed E-state index contributed by atoms with van der Waals surface area (Å²) in [7, 11) is -3.40. The number of aliphatic hydroxyl groups is 1. The third-order valence-corrected chi connectivity index (χ3v) is 7.06. The van der Waals surface area contributed by atoms with Gasteiger partial charge >= 0.3 is 0 Å². The second-order valence-corrected chi connectivity index (χ2v) is 9.91. The Bertz CT molecular complexity index is 1370. The molecule has 1 aliphatic heterocycles. The van der Waals surface area contributed by atoms with Crippen LogP contribution in [0.25, 0.3) is 11.0 Å². The van der Waals surface area contributed by atoms with Crippen LogP contribution >= 0.6 is 0 Å². The number of sulfonamides is 1. The van der Waals surface area contributed by atoms with Crippen LogP contribution in [0.5, 0.6) is 0 Å². The van der Waals surface area contributed by atoms with Crippen LogP contribution in [0.4, 0.5) is 5.95 Å². The third-order valence-electron chi connectivity index (χ3n) is 5.76. The molecule has 0 unspecified atom stereocenters. The van der Waals surface area contributed by atoms with Gasteiger partial charge in [0, 0.05) is 44.5 Å². The smallest absolute Gasteiger partial charge is 0.255 e. The van der Waals surface area contributed by atoms with Gasteiger partial charge in [-0.3, -0.25) is 9.36 Å². The maximum Gasteiger partial charge on any atom is 0.255 e. The standard InChI is InChI=1S/C20H29N5O4S/c1-13-11-14-12-21-19(22-15-6-9-24(10-7-15)30(3,28)29)23-17(14)25(18(13)26)16-5-4-8-20(16,2)27/h11-12,15-16,27H,4-10H2,1-3H3,(H,21,22,23)/t16-,20-/m0/s1/i1D3,2D3,15D. The fourth-order valence-electron chi connectivity index (χ4n) is 4.15. The molecule has 30 heavy (non-hydrogen) atoms. The molecule has 0 amide bonds. The Kier molecular flexibility index (Phi) is 3.56. The molecule has 2 aromatic rings. The minimum Gasteiger partial charge on any atom is -0.388 e. The molecule has 164 valence electrons. The maximum absolute atomic E-state index is 13.5. The highest BCUT2D eigenvalue weighted by molar-refractivity contribution is 7.88.